The van der Waals surface area contributed by atoms with Gasteiger partial charge in [0, 0.05) is 5.39 Å². The van der Waals surface area contributed by atoms with Gasteiger partial charge in [0.2, 0.25) is 5.91 Å². The Bertz CT molecular complexity index is 1380. The summed E-state index contributed by atoms with van der Waals surface area (Å²) in [5, 5.41) is 3.59. The molecule has 0 spiro atoms. The van der Waals surface area contributed by atoms with Crippen molar-refractivity contribution in [1.29, 1.82) is 0 Å². The van der Waals surface area contributed by atoms with Crippen molar-refractivity contribution >= 4 is 34.0 Å². The van der Waals surface area contributed by atoms with Gasteiger partial charge in [-0.1, -0.05) is 78.9 Å². The summed E-state index contributed by atoms with van der Waals surface area (Å²) < 4.78 is 0. The number of benzene rings is 4. The number of hydrogen-bond donors (Lipinski definition) is 0. The Kier molecular flexibility index (Phi) is 4.52. The standard InChI is InChI=1S/C28H22N2O3/c1-18-10-5-7-15-21(18)25-24-26(33-30(25)20-13-3-2-4-14-20)28(32)29(27(24)31)23-17-9-12-19-11-6-8-16-22(19)23/h2-17,24-26H,1H3/t24-,25+,26+/m0/s1. The lowest BCUT2D eigenvalue weighted by molar-refractivity contribution is -0.126. The van der Waals surface area contributed by atoms with Gasteiger partial charge in [-0.2, -0.15) is 0 Å². The number of carbonyl (C=O) groups excluding carboxylic acids is 2. The molecule has 0 saturated carbocycles. The Morgan fingerprint density at radius 2 is 1.42 bits per heavy atom. The molecule has 3 atom stereocenters. The third-order valence-corrected chi connectivity index (χ3v) is 6.64. The number of rotatable bonds is 3. The number of hydroxylamine groups is 1. The van der Waals surface area contributed by atoms with E-state index in [-0.39, 0.29) is 11.8 Å². The van der Waals surface area contributed by atoms with Crippen LogP contribution in [0, 0.1) is 12.8 Å². The molecule has 2 heterocycles. The third kappa shape index (κ3) is 2.97. The first-order valence-electron chi connectivity index (χ1n) is 11.1. The largest absolute Gasteiger partial charge is 0.273 e. The second-order valence-electron chi connectivity index (χ2n) is 8.52. The molecule has 33 heavy (non-hydrogen) atoms. The van der Waals surface area contributed by atoms with E-state index in [0.29, 0.717) is 5.69 Å². The molecule has 0 bridgehead atoms. The highest BCUT2D eigenvalue weighted by atomic mass is 16.7. The monoisotopic (exact) mass is 434 g/mol. The van der Waals surface area contributed by atoms with Crippen LogP contribution in [0.5, 0.6) is 0 Å². The summed E-state index contributed by atoms with van der Waals surface area (Å²) in [5.74, 6) is -1.19. The zero-order valence-electron chi connectivity index (χ0n) is 18.1. The van der Waals surface area contributed by atoms with Crippen LogP contribution in [0.15, 0.2) is 97.1 Å². The maximum absolute atomic E-state index is 13.9. The molecular weight excluding hydrogens is 412 g/mol. The zero-order valence-corrected chi connectivity index (χ0v) is 18.1. The van der Waals surface area contributed by atoms with Gasteiger partial charge >= 0.3 is 0 Å². The van der Waals surface area contributed by atoms with Crippen molar-refractivity contribution in [2.24, 2.45) is 5.92 Å². The Morgan fingerprint density at radius 3 is 2.24 bits per heavy atom. The molecule has 162 valence electrons. The number of fused-ring (bicyclic) bond motifs is 2. The van der Waals surface area contributed by atoms with Gasteiger partial charge in [0.15, 0.2) is 6.10 Å². The van der Waals surface area contributed by atoms with Gasteiger partial charge in [-0.3, -0.25) is 14.4 Å². The summed E-state index contributed by atoms with van der Waals surface area (Å²) in [6.45, 7) is 2.02. The van der Waals surface area contributed by atoms with Gasteiger partial charge in [-0.25, -0.2) is 9.96 Å². The molecule has 5 heteroatoms. The topological polar surface area (TPSA) is 49.9 Å². The Hall–Kier alpha value is -3.96. The van der Waals surface area contributed by atoms with Crippen LogP contribution >= 0.6 is 0 Å². The smallest absolute Gasteiger partial charge is 0.266 e. The van der Waals surface area contributed by atoms with E-state index in [9.17, 15) is 9.59 Å². The quantitative estimate of drug-likeness (QED) is 0.416. The van der Waals surface area contributed by atoms with Gasteiger partial charge in [0.1, 0.15) is 5.92 Å². The van der Waals surface area contributed by atoms with Gasteiger partial charge in [-0.15, -0.1) is 0 Å². The van der Waals surface area contributed by atoms with Crippen molar-refractivity contribution < 1.29 is 14.4 Å². The van der Waals surface area contributed by atoms with Gasteiger partial charge in [0.05, 0.1) is 17.4 Å². The number of para-hydroxylation sites is 1. The number of carbonyl (C=O) groups is 2. The van der Waals surface area contributed by atoms with Crippen LogP contribution in [0.3, 0.4) is 0 Å². The molecule has 0 radical (unpaired) electrons. The van der Waals surface area contributed by atoms with Crippen LogP contribution in [0.4, 0.5) is 11.4 Å². The fraction of sp³-hybridized carbons (Fsp3) is 0.143. The molecule has 0 aromatic heterocycles. The summed E-state index contributed by atoms with van der Waals surface area (Å²) >= 11 is 0. The van der Waals surface area contributed by atoms with Gasteiger partial charge in [-0.05, 0) is 41.6 Å². The first kappa shape index (κ1) is 19.7. The lowest BCUT2D eigenvalue weighted by Gasteiger charge is -2.29. The van der Waals surface area contributed by atoms with Crippen LogP contribution in [0.2, 0.25) is 0 Å². The molecule has 0 aliphatic carbocycles. The number of aryl methyl sites for hydroxylation is 1. The van der Waals surface area contributed by atoms with Crippen molar-refractivity contribution in [2.45, 2.75) is 19.1 Å². The lowest BCUT2D eigenvalue weighted by Crippen LogP contribution is -2.37. The fourth-order valence-electron chi connectivity index (χ4n) is 5.09. The lowest BCUT2D eigenvalue weighted by atomic mass is 9.88. The molecule has 5 nitrogen and oxygen atoms in total. The second kappa shape index (κ2) is 7.57. The minimum Gasteiger partial charge on any atom is -0.273 e. The van der Waals surface area contributed by atoms with Gasteiger partial charge in [0.25, 0.3) is 5.91 Å². The molecule has 2 saturated heterocycles. The number of imide groups is 1. The number of hydrogen-bond acceptors (Lipinski definition) is 4. The van der Waals surface area contributed by atoms with E-state index in [0.717, 1.165) is 27.6 Å². The van der Waals surface area contributed by atoms with E-state index in [1.165, 1.54) is 4.90 Å². The fourth-order valence-corrected chi connectivity index (χ4v) is 5.09. The van der Waals surface area contributed by atoms with E-state index in [2.05, 4.69) is 0 Å². The first-order chi connectivity index (χ1) is 16.1. The number of nitrogens with zero attached hydrogens (tertiary/aromatic N) is 2. The molecule has 2 aliphatic heterocycles. The average Bonchev–Trinajstić information content (AvgIpc) is 3.35. The molecule has 2 aliphatic rings. The number of amides is 2. The van der Waals surface area contributed by atoms with Gasteiger partial charge < -0.3 is 0 Å². The Labute approximate surface area is 191 Å². The van der Waals surface area contributed by atoms with Crippen molar-refractivity contribution in [3.05, 3.63) is 108 Å². The summed E-state index contributed by atoms with van der Waals surface area (Å²) in [5.41, 5.74) is 3.46. The molecule has 4 aromatic carbocycles. The summed E-state index contributed by atoms with van der Waals surface area (Å²) in [6.07, 6.45) is -0.874. The maximum atomic E-state index is 13.9. The van der Waals surface area contributed by atoms with Crippen molar-refractivity contribution in [3.8, 4) is 0 Å². The summed E-state index contributed by atoms with van der Waals surface area (Å²) in [6, 6.07) is 30.7. The van der Waals surface area contributed by atoms with E-state index in [4.69, 9.17) is 4.84 Å². The number of anilines is 2. The average molecular weight is 434 g/mol. The highest BCUT2D eigenvalue weighted by Crippen LogP contribution is 2.48. The van der Waals surface area contributed by atoms with Crippen LogP contribution in [-0.4, -0.2) is 17.9 Å². The molecule has 0 N–H and O–H groups in total. The molecule has 6 rings (SSSR count). The van der Waals surface area contributed by atoms with Crippen LogP contribution in [0.25, 0.3) is 10.8 Å². The van der Waals surface area contributed by atoms with Crippen LogP contribution < -0.4 is 9.96 Å². The van der Waals surface area contributed by atoms with Crippen molar-refractivity contribution in [1.82, 2.24) is 0 Å². The first-order valence-corrected chi connectivity index (χ1v) is 11.1. The van der Waals surface area contributed by atoms with Crippen LogP contribution in [-0.2, 0) is 14.4 Å². The molecule has 0 unspecified atom stereocenters. The van der Waals surface area contributed by atoms with Crippen LogP contribution in [0.1, 0.15) is 17.2 Å². The predicted molar refractivity (Wildman–Crippen MR) is 128 cm³/mol. The van der Waals surface area contributed by atoms with Crippen molar-refractivity contribution in [3.63, 3.8) is 0 Å². The van der Waals surface area contributed by atoms with E-state index < -0.39 is 18.1 Å². The highest BCUT2D eigenvalue weighted by molar-refractivity contribution is 6.26. The Balaban J connectivity index is 1.48. The molecule has 4 aromatic rings. The molecule has 2 amide bonds. The Morgan fingerprint density at radius 1 is 0.727 bits per heavy atom. The molecule has 2 fully saturated rings. The van der Waals surface area contributed by atoms with E-state index in [1.807, 2.05) is 104 Å². The van der Waals surface area contributed by atoms with E-state index >= 15 is 0 Å². The second-order valence-corrected chi connectivity index (χ2v) is 8.52. The van der Waals surface area contributed by atoms with E-state index in [1.54, 1.807) is 5.06 Å². The maximum Gasteiger partial charge on any atom is 0.266 e. The minimum absolute atomic E-state index is 0.229. The summed E-state index contributed by atoms with van der Waals surface area (Å²) in [4.78, 5) is 35.1. The predicted octanol–water partition coefficient (Wildman–Crippen LogP) is 5.20. The van der Waals surface area contributed by atoms with Crippen molar-refractivity contribution in [2.75, 3.05) is 9.96 Å². The minimum atomic E-state index is -0.874. The third-order valence-electron chi connectivity index (χ3n) is 6.64. The SMILES string of the molecule is Cc1ccccc1[C@@H]1[C@@H]2C(=O)N(c3cccc4ccccc34)C(=O)[C@@H]2ON1c1ccccc1. The normalized spacial score (nSPS) is 22.3. The zero-order chi connectivity index (χ0) is 22.5. The molecular formula is C28H22N2O3. The summed E-state index contributed by atoms with van der Waals surface area (Å²) in [7, 11) is 0. The highest BCUT2D eigenvalue weighted by Gasteiger charge is 2.60.